The first-order valence-corrected chi connectivity index (χ1v) is 9.93. The molecule has 0 fully saturated rings. The number of anilines is 2. The molecule has 0 saturated heterocycles. The molecule has 0 radical (unpaired) electrons. The number of ether oxygens (including phenoxy) is 1. The Bertz CT molecular complexity index is 1030. The van der Waals surface area contributed by atoms with Gasteiger partial charge in [0.2, 0.25) is 5.91 Å². The molecule has 0 aliphatic rings. The van der Waals surface area contributed by atoms with Gasteiger partial charge < -0.3 is 14.5 Å². The van der Waals surface area contributed by atoms with E-state index in [2.05, 4.69) is 15.6 Å². The summed E-state index contributed by atoms with van der Waals surface area (Å²) in [6.45, 7) is 4.22. The lowest BCUT2D eigenvalue weighted by Gasteiger charge is -2.10. The molecule has 31 heavy (non-hydrogen) atoms. The number of amides is 2. The number of aryl methyl sites for hydroxylation is 1. The number of hydrogen-bond acceptors (Lipinski definition) is 5. The predicted molar refractivity (Wildman–Crippen MR) is 115 cm³/mol. The molecule has 0 bridgehead atoms. The summed E-state index contributed by atoms with van der Waals surface area (Å²) in [4.78, 5) is 28.2. The standard InChI is InChI=1S/C23H24FN3O4/c1-15(2)14-30-23(29)27-19-5-3-4-18(12-19)26-21(28)10-11-22-25-13-20(31-22)16-6-8-17(24)9-7-16/h3-9,12-13,15H,10-11,14H2,1-2H3,(H,26,28)(H,27,29). The third-order valence-corrected chi connectivity index (χ3v) is 4.19. The molecule has 0 atom stereocenters. The molecule has 8 heteroatoms. The number of aromatic nitrogens is 1. The van der Waals surface area contributed by atoms with E-state index in [0.717, 1.165) is 0 Å². The fraction of sp³-hybridized carbons (Fsp3) is 0.261. The van der Waals surface area contributed by atoms with E-state index < -0.39 is 6.09 Å². The zero-order valence-electron chi connectivity index (χ0n) is 17.4. The summed E-state index contributed by atoms with van der Waals surface area (Å²) in [5.41, 5.74) is 1.77. The first-order chi connectivity index (χ1) is 14.9. The largest absolute Gasteiger partial charge is 0.449 e. The molecule has 0 aliphatic carbocycles. The van der Waals surface area contributed by atoms with Gasteiger partial charge in [-0.1, -0.05) is 19.9 Å². The van der Waals surface area contributed by atoms with Crippen LogP contribution in [0.15, 0.2) is 59.1 Å². The summed E-state index contributed by atoms with van der Waals surface area (Å²) in [7, 11) is 0. The average molecular weight is 425 g/mol. The topological polar surface area (TPSA) is 93.5 Å². The molecule has 162 valence electrons. The van der Waals surface area contributed by atoms with Crippen molar-refractivity contribution in [3.05, 3.63) is 66.4 Å². The summed E-state index contributed by atoms with van der Waals surface area (Å²) < 4.78 is 23.7. The number of carbonyl (C=O) groups is 2. The number of nitrogens with one attached hydrogen (secondary N) is 2. The molecule has 0 saturated carbocycles. The number of benzene rings is 2. The SMILES string of the molecule is CC(C)COC(=O)Nc1cccc(NC(=O)CCc2ncc(-c3ccc(F)cc3)o2)c1. The molecule has 7 nitrogen and oxygen atoms in total. The van der Waals surface area contributed by atoms with Gasteiger partial charge in [-0.3, -0.25) is 10.1 Å². The molecule has 1 aromatic heterocycles. The maximum atomic E-state index is 13.0. The highest BCUT2D eigenvalue weighted by Crippen LogP contribution is 2.21. The second-order valence-corrected chi connectivity index (χ2v) is 7.37. The molecule has 2 N–H and O–H groups in total. The molecule has 1 heterocycles. The van der Waals surface area contributed by atoms with Gasteiger partial charge in [-0.05, 0) is 48.4 Å². The number of halogens is 1. The first-order valence-electron chi connectivity index (χ1n) is 9.93. The van der Waals surface area contributed by atoms with Crippen molar-refractivity contribution in [1.82, 2.24) is 4.98 Å². The van der Waals surface area contributed by atoms with Crippen LogP contribution in [-0.2, 0) is 16.0 Å². The molecular formula is C23H24FN3O4. The molecule has 3 rings (SSSR count). The van der Waals surface area contributed by atoms with Crippen molar-refractivity contribution < 1.29 is 23.1 Å². The van der Waals surface area contributed by atoms with E-state index in [0.29, 0.717) is 41.6 Å². The van der Waals surface area contributed by atoms with Crippen LogP contribution in [0.3, 0.4) is 0 Å². The summed E-state index contributed by atoms with van der Waals surface area (Å²) in [6, 6.07) is 12.7. The molecule has 0 aliphatic heterocycles. The highest BCUT2D eigenvalue weighted by molar-refractivity contribution is 5.92. The Hall–Kier alpha value is -3.68. The van der Waals surface area contributed by atoms with Crippen molar-refractivity contribution in [3.8, 4) is 11.3 Å². The fourth-order valence-electron chi connectivity index (χ4n) is 2.69. The maximum Gasteiger partial charge on any atom is 0.411 e. The summed E-state index contributed by atoms with van der Waals surface area (Å²) in [5, 5.41) is 5.41. The normalized spacial score (nSPS) is 10.7. The van der Waals surface area contributed by atoms with Gasteiger partial charge in [-0.2, -0.15) is 0 Å². The Morgan fingerprint density at radius 3 is 2.52 bits per heavy atom. The van der Waals surface area contributed by atoms with E-state index in [1.165, 1.54) is 12.1 Å². The molecular weight excluding hydrogens is 401 g/mol. The maximum absolute atomic E-state index is 13.0. The van der Waals surface area contributed by atoms with Crippen LogP contribution in [0.1, 0.15) is 26.2 Å². The smallest absolute Gasteiger partial charge is 0.411 e. The summed E-state index contributed by atoms with van der Waals surface area (Å²) in [6.07, 6.45) is 1.48. The van der Waals surface area contributed by atoms with Gasteiger partial charge in [0.25, 0.3) is 0 Å². The second-order valence-electron chi connectivity index (χ2n) is 7.37. The zero-order chi connectivity index (χ0) is 22.2. The van der Waals surface area contributed by atoms with Crippen molar-refractivity contribution in [2.24, 2.45) is 5.92 Å². The number of carbonyl (C=O) groups excluding carboxylic acids is 2. The third-order valence-electron chi connectivity index (χ3n) is 4.19. The molecule has 2 aromatic carbocycles. The van der Waals surface area contributed by atoms with E-state index in [1.54, 1.807) is 42.6 Å². The van der Waals surface area contributed by atoms with Gasteiger partial charge in [0.1, 0.15) is 5.82 Å². The van der Waals surface area contributed by atoms with Crippen LogP contribution < -0.4 is 10.6 Å². The quantitative estimate of drug-likeness (QED) is 0.514. The highest BCUT2D eigenvalue weighted by Gasteiger charge is 2.10. The number of hydrogen-bond donors (Lipinski definition) is 2. The number of nitrogens with zero attached hydrogens (tertiary/aromatic N) is 1. The van der Waals surface area contributed by atoms with Gasteiger partial charge in [0, 0.05) is 29.8 Å². The molecule has 2 amide bonds. The fourth-order valence-corrected chi connectivity index (χ4v) is 2.69. The Balaban J connectivity index is 1.50. The number of oxazole rings is 1. The third kappa shape index (κ3) is 6.95. The van der Waals surface area contributed by atoms with Gasteiger partial charge in [-0.25, -0.2) is 14.2 Å². The van der Waals surface area contributed by atoms with Crippen molar-refractivity contribution >= 4 is 23.4 Å². The van der Waals surface area contributed by atoms with E-state index >= 15 is 0 Å². The minimum Gasteiger partial charge on any atom is -0.449 e. The van der Waals surface area contributed by atoms with Crippen molar-refractivity contribution in [1.29, 1.82) is 0 Å². The lowest BCUT2D eigenvalue weighted by molar-refractivity contribution is -0.116. The van der Waals surface area contributed by atoms with Crippen LogP contribution >= 0.6 is 0 Å². The van der Waals surface area contributed by atoms with Crippen LogP contribution in [0.5, 0.6) is 0 Å². The monoisotopic (exact) mass is 425 g/mol. The van der Waals surface area contributed by atoms with Crippen molar-refractivity contribution in [2.75, 3.05) is 17.2 Å². The van der Waals surface area contributed by atoms with E-state index in [4.69, 9.17) is 9.15 Å². The average Bonchev–Trinajstić information content (AvgIpc) is 3.21. The summed E-state index contributed by atoms with van der Waals surface area (Å²) >= 11 is 0. The molecule has 0 unspecified atom stereocenters. The van der Waals surface area contributed by atoms with Gasteiger partial charge in [0.15, 0.2) is 11.7 Å². The highest BCUT2D eigenvalue weighted by atomic mass is 19.1. The Labute approximate surface area is 179 Å². The number of rotatable bonds is 8. The van der Waals surface area contributed by atoms with Crippen LogP contribution in [-0.4, -0.2) is 23.6 Å². The minimum atomic E-state index is -0.543. The minimum absolute atomic E-state index is 0.164. The second kappa shape index (κ2) is 10.4. The molecule has 3 aromatic rings. The summed E-state index contributed by atoms with van der Waals surface area (Å²) in [5.74, 6) is 0.621. The van der Waals surface area contributed by atoms with Crippen molar-refractivity contribution in [2.45, 2.75) is 26.7 Å². The molecule has 0 spiro atoms. The van der Waals surface area contributed by atoms with Crippen molar-refractivity contribution in [3.63, 3.8) is 0 Å². The van der Waals surface area contributed by atoms with E-state index in [-0.39, 0.29) is 24.1 Å². The first kappa shape index (κ1) is 22.0. The predicted octanol–water partition coefficient (Wildman–Crippen LogP) is 5.26. The van der Waals surface area contributed by atoms with Gasteiger partial charge in [0.05, 0.1) is 12.8 Å². The van der Waals surface area contributed by atoms with Crippen LogP contribution in [0, 0.1) is 11.7 Å². The zero-order valence-corrected chi connectivity index (χ0v) is 17.4. The van der Waals surface area contributed by atoms with Gasteiger partial charge in [-0.15, -0.1) is 0 Å². The Morgan fingerprint density at radius 2 is 1.81 bits per heavy atom. The Morgan fingerprint density at radius 1 is 1.10 bits per heavy atom. The van der Waals surface area contributed by atoms with E-state index in [1.807, 2.05) is 13.8 Å². The Kier molecular flexibility index (Phi) is 7.37. The van der Waals surface area contributed by atoms with Crippen LogP contribution in [0.4, 0.5) is 20.6 Å². The van der Waals surface area contributed by atoms with Crippen LogP contribution in [0.2, 0.25) is 0 Å². The lowest BCUT2D eigenvalue weighted by atomic mass is 10.2. The lowest BCUT2D eigenvalue weighted by Crippen LogP contribution is -2.17. The van der Waals surface area contributed by atoms with E-state index in [9.17, 15) is 14.0 Å². The van der Waals surface area contributed by atoms with Gasteiger partial charge >= 0.3 is 6.09 Å². The van der Waals surface area contributed by atoms with Crippen LogP contribution in [0.25, 0.3) is 11.3 Å².